The summed E-state index contributed by atoms with van der Waals surface area (Å²) in [5.41, 5.74) is 1.38. The first-order valence-corrected chi connectivity index (χ1v) is 12.5. The lowest BCUT2D eigenvalue weighted by molar-refractivity contribution is -0.130. The van der Waals surface area contributed by atoms with Crippen LogP contribution < -0.4 is 20.4 Å². The number of rotatable bonds is 7. The maximum atomic E-state index is 14.8. The third-order valence-electron chi connectivity index (χ3n) is 6.19. The van der Waals surface area contributed by atoms with Crippen molar-refractivity contribution >= 4 is 35.8 Å². The zero-order valence-corrected chi connectivity index (χ0v) is 22.5. The molecular weight excluding hydrogens is 530 g/mol. The molecule has 2 fully saturated rings. The molecule has 1 aromatic heterocycles. The third kappa shape index (κ3) is 7.85. The van der Waals surface area contributed by atoms with E-state index in [9.17, 15) is 28.0 Å². The maximum absolute atomic E-state index is 14.8. The van der Waals surface area contributed by atoms with Crippen LogP contribution in [0.5, 0.6) is 0 Å². The Hall–Kier alpha value is -4.33. The van der Waals surface area contributed by atoms with Gasteiger partial charge in [0.05, 0.1) is 32.4 Å². The van der Waals surface area contributed by atoms with Gasteiger partial charge in [-0.05, 0) is 26.1 Å². The number of piperazine rings is 1. The van der Waals surface area contributed by atoms with Crippen LogP contribution in [0.2, 0.25) is 0 Å². The number of benzene rings is 1. The first-order chi connectivity index (χ1) is 19.2. The topological polar surface area (TPSA) is 133 Å². The highest BCUT2D eigenvalue weighted by Gasteiger charge is 2.34. The van der Waals surface area contributed by atoms with E-state index in [1.807, 2.05) is 13.0 Å². The van der Waals surface area contributed by atoms with E-state index in [0.29, 0.717) is 18.7 Å². The van der Waals surface area contributed by atoms with Crippen LogP contribution in [0.25, 0.3) is 0 Å². The monoisotopic (exact) mass is 562 g/mol. The molecule has 0 aliphatic carbocycles. The van der Waals surface area contributed by atoms with E-state index in [4.69, 9.17) is 4.74 Å². The molecule has 40 heavy (non-hydrogen) atoms. The zero-order chi connectivity index (χ0) is 29.2. The normalized spacial score (nSPS) is 16.6. The Morgan fingerprint density at radius 2 is 1.85 bits per heavy atom. The van der Waals surface area contributed by atoms with Gasteiger partial charge in [-0.1, -0.05) is 0 Å². The van der Waals surface area contributed by atoms with Crippen molar-refractivity contribution in [3.8, 4) is 0 Å². The van der Waals surface area contributed by atoms with E-state index in [0.717, 1.165) is 29.0 Å². The molecule has 0 spiro atoms. The number of nitrogens with one attached hydrogen (secondary N) is 2. The molecule has 0 bridgehead atoms. The van der Waals surface area contributed by atoms with Gasteiger partial charge in [0.15, 0.2) is 17.9 Å². The zero-order valence-electron chi connectivity index (χ0n) is 22.5. The van der Waals surface area contributed by atoms with Gasteiger partial charge in [-0.25, -0.2) is 18.4 Å². The summed E-state index contributed by atoms with van der Waals surface area (Å²) in [6.07, 6.45) is 0.221. The van der Waals surface area contributed by atoms with Gasteiger partial charge in [0.2, 0.25) is 5.91 Å². The number of aldehydes is 1. The SMILES string of the molecule is CNCC(=O)N1CCN(c2c(F)cc(N3CC(CNC(=O)OC)OC3=O)cc2F)CC1.Cc1ccc(C=O)cn1. The fourth-order valence-corrected chi connectivity index (χ4v) is 4.11. The summed E-state index contributed by atoms with van der Waals surface area (Å²) in [4.78, 5) is 53.5. The number of anilines is 2. The van der Waals surface area contributed by atoms with Gasteiger partial charge in [0.25, 0.3) is 0 Å². The number of cyclic esters (lactones) is 1. The Morgan fingerprint density at radius 1 is 1.18 bits per heavy atom. The maximum Gasteiger partial charge on any atom is 0.414 e. The van der Waals surface area contributed by atoms with Crippen molar-refractivity contribution in [3.05, 3.63) is 53.4 Å². The molecule has 1 aromatic carbocycles. The summed E-state index contributed by atoms with van der Waals surface area (Å²) in [5.74, 6) is -1.69. The van der Waals surface area contributed by atoms with Gasteiger partial charge in [-0.2, -0.15) is 0 Å². The van der Waals surface area contributed by atoms with Crippen LogP contribution in [0, 0.1) is 18.6 Å². The fraction of sp³-hybridized carbons (Fsp3) is 0.423. The van der Waals surface area contributed by atoms with Gasteiger partial charge in [0, 0.05) is 55.8 Å². The summed E-state index contributed by atoms with van der Waals surface area (Å²) < 4.78 is 39.2. The van der Waals surface area contributed by atoms with Crippen LogP contribution in [-0.2, 0) is 14.3 Å². The molecule has 0 radical (unpaired) electrons. The number of nitrogens with zero attached hydrogens (tertiary/aromatic N) is 4. The van der Waals surface area contributed by atoms with E-state index < -0.39 is 29.9 Å². The minimum Gasteiger partial charge on any atom is -0.453 e. The van der Waals surface area contributed by atoms with E-state index in [2.05, 4.69) is 20.4 Å². The average Bonchev–Trinajstić information content (AvgIpc) is 3.33. The lowest BCUT2D eigenvalue weighted by Gasteiger charge is -2.36. The van der Waals surface area contributed by atoms with E-state index >= 15 is 0 Å². The number of pyridine rings is 1. The average molecular weight is 563 g/mol. The highest BCUT2D eigenvalue weighted by atomic mass is 19.1. The summed E-state index contributed by atoms with van der Waals surface area (Å²) >= 11 is 0. The smallest absolute Gasteiger partial charge is 0.414 e. The van der Waals surface area contributed by atoms with Gasteiger partial charge in [-0.3, -0.25) is 19.5 Å². The van der Waals surface area contributed by atoms with Crippen LogP contribution in [0.3, 0.4) is 0 Å². The van der Waals surface area contributed by atoms with Crippen molar-refractivity contribution in [2.75, 3.05) is 69.8 Å². The lowest BCUT2D eigenvalue weighted by atomic mass is 10.2. The quantitative estimate of drug-likeness (QED) is 0.484. The molecule has 3 heterocycles. The molecule has 12 nitrogen and oxygen atoms in total. The minimum atomic E-state index is -0.811. The molecule has 216 valence electrons. The van der Waals surface area contributed by atoms with Crippen LogP contribution in [0.15, 0.2) is 30.5 Å². The summed E-state index contributed by atoms with van der Waals surface area (Å²) in [7, 11) is 2.88. The molecule has 2 aliphatic rings. The van der Waals surface area contributed by atoms with Gasteiger partial charge in [-0.15, -0.1) is 0 Å². The largest absolute Gasteiger partial charge is 0.453 e. The van der Waals surface area contributed by atoms with Crippen LogP contribution in [0.4, 0.5) is 29.7 Å². The highest BCUT2D eigenvalue weighted by molar-refractivity contribution is 5.90. The predicted molar refractivity (Wildman–Crippen MR) is 141 cm³/mol. The number of likely N-dealkylation sites (N-methyl/N-ethyl adjacent to an activating group) is 1. The number of amides is 3. The van der Waals surface area contributed by atoms with Crippen molar-refractivity contribution in [2.24, 2.45) is 0 Å². The first-order valence-electron chi connectivity index (χ1n) is 12.5. The number of hydrogen-bond acceptors (Lipinski definition) is 9. The standard InChI is InChI=1S/C19H25F2N5O5.C7H7NO/c1-22-10-16(27)24-3-5-25(6-4-24)17-14(20)7-12(8-15(17)21)26-11-13(31-19(26)29)9-23-18(28)30-2;1-6-2-3-7(5-9)4-8-6/h7-8,13,22H,3-6,9-11H2,1-2H3,(H,23,28);2-5H,1H3. The number of halogens is 2. The number of carbonyl (C=O) groups excluding carboxylic acids is 4. The Bertz CT molecular complexity index is 1180. The van der Waals surface area contributed by atoms with E-state index in [1.54, 1.807) is 29.1 Å². The van der Waals surface area contributed by atoms with Gasteiger partial charge < -0.3 is 29.9 Å². The van der Waals surface area contributed by atoms with Crippen molar-refractivity contribution in [3.63, 3.8) is 0 Å². The molecular formula is C26H32F2N6O6. The number of ether oxygens (including phenoxy) is 2. The third-order valence-corrected chi connectivity index (χ3v) is 6.19. The van der Waals surface area contributed by atoms with Crippen molar-refractivity contribution in [2.45, 2.75) is 13.0 Å². The predicted octanol–water partition coefficient (Wildman–Crippen LogP) is 1.72. The Labute approximate surface area is 230 Å². The van der Waals surface area contributed by atoms with Gasteiger partial charge in [0.1, 0.15) is 11.8 Å². The number of hydrogen-bond donors (Lipinski definition) is 2. The Kier molecular flexibility index (Phi) is 10.7. The molecule has 14 heteroatoms. The second-order valence-corrected chi connectivity index (χ2v) is 9.00. The molecule has 2 aromatic rings. The number of aryl methyl sites for hydroxylation is 1. The molecule has 1 atom stereocenters. The number of alkyl carbamates (subject to hydrolysis) is 1. The van der Waals surface area contributed by atoms with Gasteiger partial charge >= 0.3 is 12.2 Å². The summed E-state index contributed by atoms with van der Waals surface area (Å²) in [5, 5.41) is 5.20. The second-order valence-electron chi connectivity index (χ2n) is 9.00. The minimum absolute atomic E-state index is 0.00844. The molecule has 0 saturated carbocycles. The lowest BCUT2D eigenvalue weighted by Crippen LogP contribution is -2.51. The van der Waals surface area contributed by atoms with Crippen molar-refractivity contribution in [1.29, 1.82) is 0 Å². The molecule has 2 N–H and O–H groups in total. The fourth-order valence-electron chi connectivity index (χ4n) is 4.11. The first kappa shape index (κ1) is 30.2. The molecule has 2 saturated heterocycles. The number of carbonyl (C=O) groups is 4. The molecule has 2 aliphatic heterocycles. The summed E-state index contributed by atoms with van der Waals surface area (Å²) in [6, 6.07) is 5.71. The second kappa shape index (κ2) is 14.2. The van der Waals surface area contributed by atoms with E-state index in [-0.39, 0.29) is 50.0 Å². The summed E-state index contributed by atoms with van der Waals surface area (Å²) in [6.45, 7) is 3.41. The van der Waals surface area contributed by atoms with Crippen molar-refractivity contribution < 1.29 is 37.4 Å². The van der Waals surface area contributed by atoms with Crippen LogP contribution in [0.1, 0.15) is 16.1 Å². The molecule has 4 rings (SSSR count). The van der Waals surface area contributed by atoms with Crippen LogP contribution in [-0.4, -0.2) is 100 Å². The molecule has 3 amide bonds. The Balaban J connectivity index is 0.000000415. The molecule has 1 unspecified atom stereocenters. The highest BCUT2D eigenvalue weighted by Crippen LogP contribution is 2.31. The van der Waals surface area contributed by atoms with E-state index in [1.165, 1.54) is 7.11 Å². The Morgan fingerprint density at radius 3 is 2.40 bits per heavy atom. The van der Waals surface area contributed by atoms with Crippen molar-refractivity contribution in [1.82, 2.24) is 20.5 Å². The number of aromatic nitrogens is 1. The number of methoxy groups -OCH3 is 1. The van der Waals surface area contributed by atoms with Crippen LogP contribution >= 0.6 is 0 Å².